The minimum Gasteiger partial charge on any atom is -0.480 e. The van der Waals surface area contributed by atoms with Crippen LogP contribution in [0.2, 0.25) is 0 Å². The van der Waals surface area contributed by atoms with Crippen LogP contribution in [0.1, 0.15) is 44.1 Å². The maximum Gasteiger partial charge on any atom is 0.410 e. The molecule has 1 saturated heterocycles. The minimum absolute atomic E-state index is 0.0300. The molecule has 1 aromatic carbocycles. The fourth-order valence-corrected chi connectivity index (χ4v) is 4.07. The molecule has 6 nitrogen and oxygen atoms in total. The number of amides is 1. The van der Waals surface area contributed by atoms with Crippen LogP contribution in [-0.2, 0) is 16.1 Å². The summed E-state index contributed by atoms with van der Waals surface area (Å²) in [6.07, 6.45) is 4.41. The van der Waals surface area contributed by atoms with E-state index in [9.17, 15) is 19.8 Å². The largest absolute Gasteiger partial charge is 0.480 e. The van der Waals surface area contributed by atoms with Crippen LogP contribution in [0, 0.1) is 5.92 Å². The van der Waals surface area contributed by atoms with Crippen LogP contribution < -0.4 is 0 Å². The van der Waals surface area contributed by atoms with E-state index in [0.717, 1.165) is 37.7 Å². The van der Waals surface area contributed by atoms with E-state index in [-0.39, 0.29) is 25.5 Å². The molecule has 1 amide bonds. The standard InChI is InChI=1S/C19H25NO5/c21-17(22)16-11-19(24,15-9-5-2-6-10-15)13-20(16)18(23)25-12-14-7-3-1-4-8-14/h1,3-4,7-8,15-16,24H,2,5-6,9-13H2,(H,21,22)/t16-,19?/m0/s1. The van der Waals surface area contributed by atoms with E-state index in [4.69, 9.17) is 4.74 Å². The lowest BCUT2D eigenvalue weighted by atomic mass is 9.76. The summed E-state index contributed by atoms with van der Waals surface area (Å²) in [6, 6.07) is 8.21. The van der Waals surface area contributed by atoms with Crippen LogP contribution in [0.15, 0.2) is 30.3 Å². The van der Waals surface area contributed by atoms with Crippen LogP contribution in [0.4, 0.5) is 4.79 Å². The van der Waals surface area contributed by atoms with Crippen molar-refractivity contribution >= 4 is 12.1 Å². The first-order valence-corrected chi connectivity index (χ1v) is 8.92. The molecule has 0 bridgehead atoms. The highest BCUT2D eigenvalue weighted by atomic mass is 16.6. The number of aliphatic hydroxyl groups is 1. The van der Waals surface area contributed by atoms with Gasteiger partial charge in [0.1, 0.15) is 12.6 Å². The Hall–Kier alpha value is -2.08. The Morgan fingerprint density at radius 1 is 1.16 bits per heavy atom. The Bertz CT molecular complexity index is 614. The van der Waals surface area contributed by atoms with Crippen molar-refractivity contribution in [3.05, 3.63) is 35.9 Å². The molecule has 2 N–H and O–H groups in total. The summed E-state index contributed by atoms with van der Waals surface area (Å²) in [5, 5.41) is 20.5. The maximum absolute atomic E-state index is 12.4. The molecule has 136 valence electrons. The SMILES string of the molecule is O=C(O)[C@@H]1CC(O)(C2CCCCC2)CN1C(=O)OCc1ccccc1. The normalized spacial score (nSPS) is 27.2. The van der Waals surface area contributed by atoms with Gasteiger partial charge in [0.25, 0.3) is 0 Å². The van der Waals surface area contributed by atoms with E-state index in [1.54, 1.807) is 0 Å². The molecular weight excluding hydrogens is 322 g/mol. The molecule has 3 rings (SSSR count). The molecule has 0 radical (unpaired) electrons. The van der Waals surface area contributed by atoms with Crippen LogP contribution >= 0.6 is 0 Å². The number of ether oxygens (including phenoxy) is 1. The van der Waals surface area contributed by atoms with Gasteiger partial charge in [-0.25, -0.2) is 9.59 Å². The highest BCUT2D eigenvalue weighted by molar-refractivity contribution is 5.81. The van der Waals surface area contributed by atoms with Crippen molar-refractivity contribution in [2.75, 3.05) is 6.54 Å². The molecule has 6 heteroatoms. The fraction of sp³-hybridized carbons (Fsp3) is 0.579. The Labute approximate surface area is 147 Å². The van der Waals surface area contributed by atoms with Gasteiger partial charge in [-0.2, -0.15) is 0 Å². The van der Waals surface area contributed by atoms with Crippen molar-refractivity contribution in [2.45, 2.75) is 56.8 Å². The van der Waals surface area contributed by atoms with Crippen LogP contribution in [0.5, 0.6) is 0 Å². The van der Waals surface area contributed by atoms with Gasteiger partial charge in [-0.15, -0.1) is 0 Å². The monoisotopic (exact) mass is 347 g/mol. The van der Waals surface area contributed by atoms with E-state index in [2.05, 4.69) is 0 Å². The van der Waals surface area contributed by atoms with Crippen LogP contribution in [0.25, 0.3) is 0 Å². The van der Waals surface area contributed by atoms with Crippen molar-refractivity contribution in [2.24, 2.45) is 5.92 Å². The van der Waals surface area contributed by atoms with E-state index >= 15 is 0 Å². The average molecular weight is 347 g/mol. The molecule has 1 saturated carbocycles. The third-order valence-corrected chi connectivity index (χ3v) is 5.46. The summed E-state index contributed by atoms with van der Waals surface area (Å²) in [5.41, 5.74) is -0.292. The number of β-amino-alcohol motifs (C(OH)–C–C–N with tert-alkyl or cyclic N) is 1. The summed E-state index contributed by atoms with van der Waals surface area (Å²) >= 11 is 0. The predicted molar refractivity (Wildman–Crippen MR) is 90.9 cm³/mol. The second-order valence-electron chi connectivity index (χ2n) is 7.16. The summed E-state index contributed by atoms with van der Waals surface area (Å²) in [5.74, 6) is -1.04. The number of carbonyl (C=O) groups excluding carboxylic acids is 1. The third kappa shape index (κ3) is 3.95. The number of likely N-dealkylation sites (tertiary alicyclic amines) is 1. The van der Waals surface area contributed by atoms with Crippen molar-refractivity contribution in [1.82, 2.24) is 4.90 Å². The Morgan fingerprint density at radius 3 is 2.48 bits per heavy atom. The number of hydrogen-bond donors (Lipinski definition) is 2. The highest BCUT2D eigenvalue weighted by Crippen LogP contribution is 2.41. The summed E-state index contributed by atoms with van der Waals surface area (Å²) < 4.78 is 5.29. The van der Waals surface area contributed by atoms with Crippen molar-refractivity contribution < 1.29 is 24.5 Å². The molecule has 0 spiro atoms. The molecule has 25 heavy (non-hydrogen) atoms. The smallest absolute Gasteiger partial charge is 0.410 e. The molecule has 1 aliphatic carbocycles. The van der Waals surface area contributed by atoms with Crippen molar-refractivity contribution in [3.8, 4) is 0 Å². The third-order valence-electron chi connectivity index (χ3n) is 5.46. The summed E-state index contributed by atoms with van der Waals surface area (Å²) in [6.45, 7) is 0.118. The number of benzene rings is 1. The lowest BCUT2D eigenvalue weighted by molar-refractivity contribution is -0.142. The fourth-order valence-electron chi connectivity index (χ4n) is 4.07. The average Bonchev–Trinajstić information content (AvgIpc) is 3.01. The number of nitrogens with zero attached hydrogens (tertiary/aromatic N) is 1. The predicted octanol–water partition coefficient (Wildman–Crippen LogP) is 2.79. The molecular formula is C19H25NO5. The molecule has 2 aliphatic rings. The quantitative estimate of drug-likeness (QED) is 0.874. The van der Waals surface area contributed by atoms with E-state index in [1.807, 2.05) is 30.3 Å². The molecule has 2 atom stereocenters. The van der Waals surface area contributed by atoms with Gasteiger partial charge in [0, 0.05) is 6.42 Å². The van der Waals surface area contributed by atoms with Crippen molar-refractivity contribution in [3.63, 3.8) is 0 Å². The Kier molecular flexibility index (Phi) is 5.27. The lowest BCUT2D eigenvalue weighted by Gasteiger charge is -2.35. The molecule has 2 fully saturated rings. The van der Waals surface area contributed by atoms with E-state index in [1.165, 1.54) is 4.90 Å². The molecule has 0 aromatic heterocycles. The number of carboxylic acid groups (broad SMARTS) is 1. The minimum atomic E-state index is -1.13. The zero-order chi connectivity index (χ0) is 17.9. The maximum atomic E-state index is 12.4. The van der Waals surface area contributed by atoms with E-state index in [0.29, 0.717) is 0 Å². The number of carboxylic acids is 1. The van der Waals surface area contributed by atoms with Crippen LogP contribution in [-0.4, -0.2) is 45.4 Å². The van der Waals surface area contributed by atoms with Gasteiger partial charge in [-0.1, -0.05) is 49.6 Å². The first-order valence-electron chi connectivity index (χ1n) is 8.92. The van der Waals surface area contributed by atoms with Gasteiger partial charge in [-0.05, 0) is 24.3 Å². The van der Waals surface area contributed by atoms with Gasteiger partial charge < -0.3 is 14.9 Å². The second-order valence-corrected chi connectivity index (χ2v) is 7.16. The molecule has 1 unspecified atom stereocenters. The first kappa shape index (κ1) is 17.7. The van der Waals surface area contributed by atoms with Gasteiger partial charge in [0.15, 0.2) is 0 Å². The van der Waals surface area contributed by atoms with Gasteiger partial charge in [-0.3, -0.25) is 4.90 Å². The Morgan fingerprint density at radius 2 is 1.84 bits per heavy atom. The first-order chi connectivity index (χ1) is 12.0. The second kappa shape index (κ2) is 7.44. The number of hydrogen-bond acceptors (Lipinski definition) is 4. The summed E-state index contributed by atoms with van der Waals surface area (Å²) in [7, 11) is 0. The molecule has 1 aromatic rings. The lowest BCUT2D eigenvalue weighted by Crippen LogP contribution is -2.44. The number of carbonyl (C=O) groups is 2. The zero-order valence-corrected chi connectivity index (χ0v) is 14.3. The van der Waals surface area contributed by atoms with Gasteiger partial charge in [0.05, 0.1) is 12.1 Å². The zero-order valence-electron chi connectivity index (χ0n) is 14.3. The molecule has 1 aliphatic heterocycles. The van der Waals surface area contributed by atoms with Gasteiger partial charge in [0.2, 0.25) is 0 Å². The van der Waals surface area contributed by atoms with E-state index < -0.39 is 23.7 Å². The number of aliphatic carboxylic acids is 1. The topological polar surface area (TPSA) is 87.1 Å². The van der Waals surface area contributed by atoms with Crippen LogP contribution in [0.3, 0.4) is 0 Å². The highest BCUT2D eigenvalue weighted by Gasteiger charge is 2.52. The summed E-state index contributed by atoms with van der Waals surface area (Å²) in [4.78, 5) is 25.2. The Balaban J connectivity index is 1.67. The molecule has 1 heterocycles. The van der Waals surface area contributed by atoms with Crippen molar-refractivity contribution in [1.29, 1.82) is 0 Å². The number of rotatable bonds is 4. The van der Waals surface area contributed by atoms with Gasteiger partial charge >= 0.3 is 12.1 Å².